The summed E-state index contributed by atoms with van der Waals surface area (Å²) in [4.78, 5) is 11.8. The van der Waals surface area contributed by atoms with E-state index in [4.69, 9.17) is 0 Å². The van der Waals surface area contributed by atoms with Gasteiger partial charge in [0.05, 0.1) is 18.6 Å². The second-order valence-corrected chi connectivity index (χ2v) is 6.38. The maximum Gasteiger partial charge on any atom is 0.222 e. The Morgan fingerprint density at radius 1 is 1.35 bits per heavy atom. The highest BCUT2D eigenvalue weighted by Crippen LogP contribution is 2.27. The molecule has 3 atom stereocenters. The van der Waals surface area contributed by atoms with Crippen molar-refractivity contribution < 1.29 is 19.4 Å². The summed E-state index contributed by atoms with van der Waals surface area (Å²) in [6.45, 7) is 0.540. The molecule has 0 bridgehead atoms. The Balaban J connectivity index is 1.65. The normalized spacial score (nSPS) is 22.6. The fraction of sp³-hybridized carbons (Fsp3) is 0.611. The number of rotatable bonds is 7. The van der Waals surface area contributed by atoms with E-state index < -0.39 is 11.9 Å². The van der Waals surface area contributed by atoms with Gasteiger partial charge in [-0.3, -0.25) is 4.79 Å². The molecule has 5 heteroatoms. The molecule has 0 radical (unpaired) electrons. The number of aliphatic hydroxyl groups excluding tert-OH is 2. The molecular formula is C18H26FNO3. The fourth-order valence-electron chi connectivity index (χ4n) is 3.20. The Bertz CT molecular complexity index is 509. The molecule has 1 amide bonds. The number of aliphatic hydroxyl groups is 2. The predicted octanol–water partition coefficient (Wildman–Crippen LogP) is 2.70. The minimum atomic E-state index is -0.995. The van der Waals surface area contributed by atoms with Crippen LogP contribution in [0.15, 0.2) is 24.3 Å². The monoisotopic (exact) mass is 323 g/mol. The minimum absolute atomic E-state index is 0.0739. The van der Waals surface area contributed by atoms with E-state index in [2.05, 4.69) is 5.32 Å². The summed E-state index contributed by atoms with van der Waals surface area (Å²) < 4.78 is 13.1. The third-order valence-corrected chi connectivity index (χ3v) is 4.56. The number of carbonyl (C=O) groups excluding carboxylic acids is 1. The Kier molecular flexibility index (Phi) is 6.99. The summed E-state index contributed by atoms with van der Waals surface area (Å²) in [6, 6.07) is 5.66. The lowest BCUT2D eigenvalue weighted by molar-refractivity contribution is -0.123. The lowest BCUT2D eigenvalue weighted by Gasteiger charge is -2.27. The quantitative estimate of drug-likeness (QED) is 0.676. The molecule has 0 aromatic heterocycles. The van der Waals surface area contributed by atoms with Crippen molar-refractivity contribution in [3.8, 4) is 0 Å². The Labute approximate surface area is 136 Å². The van der Waals surface area contributed by atoms with Gasteiger partial charge in [-0.1, -0.05) is 25.0 Å². The number of nitrogens with one attached hydrogen (secondary N) is 1. The first kappa shape index (κ1) is 17.9. The maximum absolute atomic E-state index is 13.1. The molecule has 1 fully saturated rings. The van der Waals surface area contributed by atoms with E-state index in [1.807, 2.05) is 0 Å². The lowest BCUT2D eigenvalue weighted by atomic mass is 9.83. The van der Waals surface area contributed by atoms with Crippen LogP contribution in [0.3, 0.4) is 0 Å². The van der Waals surface area contributed by atoms with E-state index >= 15 is 0 Å². The van der Waals surface area contributed by atoms with E-state index in [0.717, 1.165) is 32.1 Å². The molecule has 2 rings (SSSR count). The minimum Gasteiger partial charge on any atom is -0.393 e. The molecule has 1 aliphatic rings. The summed E-state index contributed by atoms with van der Waals surface area (Å²) in [5.41, 5.74) is 0.408. The second-order valence-electron chi connectivity index (χ2n) is 6.38. The van der Waals surface area contributed by atoms with E-state index in [-0.39, 0.29) is 18.4 Å². The van der Waals surface area contributed by atoms with Gasteiger partial charge in [0.2, 0.25) is 5.91 Å². The topological polar surface area (TPSA) is 69.6 Å². The molecule has 128 valence electrons. The standard InChI is InChI=1S/C18H26FNO3/c19-15-8-3-6-14(11-15)17(22)12-18(23)20-10-4-7-13-5-1-2-9-16(13)21/h3,6,8,11,13,16-17,21-22H,1-2,4-5,7,9-10,12H2,(H,20,23). The van der Waals surface area contributed by atoms with Gasteiger partial charge < -0.3 is 15.5 Å². The van der Waals surface area contributed by atoms with E-state index in [9.17, 15) is 19.4 Å². The zero-order valence-electron chi connectivity index (χ0n) is 13.4. The van der Waals surface area contributed by atoms with Gasteiger partial charge in [-0.25, -0.2) is 4.39 Å². The predicted molar refractivity (Wildman–Crippen MR) is 86.2 cm³/mol. The van der Waals surface area contributed by atoms with Gasteiger partial charge in [-0.2, -0.15) is 0 Å². The van der Waals surface area contributed by atoms with Gasteiger partial charge in [-0.15, -0.1) is 0 Å². The van der Waals surface area contributed by atoms with E-state index in [1.54, 1.807) is 6.07 Å². The van der Waals surface area contributed by atoms with Crippen molar-refractivity contribution in [1.82, 2.24) is 5.32 Å². The van der Waals surface area contributed by atoms with Gasteiger partial charge >= 0.3 is 0 Å². The highest BCUT2D eigenvalue weighted by molar-refractivity contribution is 5.76. The van der Waals surface area contributed by atoms with Crippen LogP contribution >= 0.6 is 0 Å². The number of benzene rings is 1. The van der Waals surface area contributed by atoms with Crippen molar-refractivity contribution in [2.45, 2.75) is 57.2 Å². The Hall–Kier alpha value is -1.46. The van der Waals surface area contributed by atoms with Crippen molar-refractivity contribution in [1.29, 1.82) is 0 Å². The molecule has 0 aliphatic heterocycles. The van der Waals surface area contributed by atoms with Gasteiger partial charge in [0.1, 0.15) is 5.82 Å². The fourth-order valence-corrected chi connectivity index (χ4v) is 3.20. The van der Waals surface area contributed by atoms with Crippen LogP contribution in [0.25, 0.3) is 0 Å². The third kappa shape index (κ3) is 5.92. The molecule has 1 aromatic carbocycles. The molecule has 1 saturated carbocycles. The number of halogens is 1. The molecule has 0 spiro atoms. The smallest absolute Gasteiger partial charge is 0.222 e. The first-order valence-electron chi connectivity index (χ1n) is 8.44. The first-order valence-corrected chi connectivity index (χ1v) is 8.44. The molecule has 0 heterocycles. The SMILES string of the molecule is O=C(CC(O)c1cccc(F)c1)NCCCC1CCCCC1O. The molecule has 3 unspecified atom stereocenters. The number of hydrogen-bond donors (Lipinski definition) is 3. The van der Waals surface area contributed by atoms with Crippen LogP contribution in [0.2, 0.25) is 0 Å². The molecule has 3 N–H and O–H groups in total. The van der Waals surface area contributed by atoms with Crippen LogP contribution in [0.5, 0.6) is 0 Å². The van der Waals surface area contributed by atoms with Crippen molar-refractivity contribution in [3.63, 3.8) is 0 Å². The molecular weight excluding hydrogens is 297 g/mol. The van der Waals surface area contributed by atoms with Crippen molar-refractivity contribution in [2.24, 2.45) is 5.92 Å². The van der Waals surface area contributed by atoms with E-state index in [0.29, 0.717) is 18.0 Å². The maximum atomic E-state index is 13.1. The molecule has 4 nitrogen and oxygen atoms in total. The van der Waals surface area contributed by atoms with Crippen LogP contribution in [0, 0.1) is 11.7 Å². The van der Waals surface area contributed by atoms with Gasteiger partial charge in [0, 0.05) is 6.54 Å². The molecule has 23 heavy (non-hydrogen) atoms. The Morgan fingerprint density at radius 2 is 2.13 bits per heavy atom. The summed E-state index contributed by atoms with van der Waals surface area (Å²) in [7, 11) is 0. The zero-order chi connectivity index (χ0) is 16.7. The highest BCUT2D eigenvalue weighted by atomic mass is 19.1. The van der Waals surface area contributed by atoms with Gasteiger partial charge in [-0.05, 0) is 49.3 Å². The van der Waals surface area contributed by atoms with Gasteiger partial charge in [0.15, 0.2) is 0 Å². The largest absolute Gasteiger partial charge is 0.393 e. The number of amides is 1. The van der Waals surface area contributed by atoms with E-state index in [1.165, 1.54) is 24.6 Å². The zero-order valence-corrected chi connectivity index (χ0v) is 13.4. The van der Waals surface area contributed by atoms with Crippen molar-refractivity contribution in [3.05, 3.63) is 35.6 Å². The molecule has 1 aromatic rings. The average molecular weight is 323 g/mol. The third-order valence-electron chi connectivity index (χ3n) is 4.56. The van der Waals surface area contributed by atoms with Crippen LogP contribution in [-0.4, -0.2) is 28.8 Å². The summed E-state index contributed by atoms with van der Waals surface area (Å²) in [5, 5.41) is 22.6. The second kappa shape index (κ2) is 8.99. The van der Waals surface area contributed by atoms with Crippen LogP contribution in [-0.2, 0) is 4.79 Å². The highest BCUT2D eigenvalue weighted by Gasteiger charge is 2.22. The number of carbonyl (C=O) groups is 1. The van der Waals surface area contributed by atoms with Crippen molar-refractivity contribution >= 4 is 5.91 Å². The van der Waals surface area contributed by atoms with Gasteiger partial charge in [0.25, 0.3) is 0 Å². The summed E-state index contributed by atoms with van der Waals surface area (Å²) >= 11 is 0. The Morgan fingerprint density at radius 3 is 2.87 bits per heavy atom. The summed E-state index contributed by atoms with van der Waals surface area (Å²) in [5.74, 6) is -0.322. The van der Waals surface area contributed by atoms with Crippen LogP contribution in [0.4, 0.5) is 4.39 Å². The lowest BCUT2D eigenvalue weighted by Crippen LogP contribution is -2.28. The first-order chi connectivity index (χ1) is 11.1. The summed E-state index contributed by atoms with van der Waals surface area (Å²) in [6.07, 6.45) is 4.69. The number of hydrogen-bond acceptors (Lipinski definition) is 3. The van der Waals surface area contributed by atoms with Crippen LogP contribution in [0.1, 0.15) is 56.6 Å². The molecule has 0 saturated heterocycles. The molecule has 1 aliphatic carbocycles. The van der Waals surface area contributed by atoms with Crippen molar-refractivity contribution in [2.75, 3.05) is 6.54 Å². The average Bonchev–Trinajstić information content (AvgIpc) is 2.53. The van der Waals surface area contributed by atoms with Crippen LogP contribution < -0.4 is 5.32 Å².